The Hall–Kier alpha value is -2.21. The van der Waals surface area contributed by atoms with Gasteiger partial charge in [0.2, 0.25) is 5.91 Å². The number of amides is 1. The Labute approximate surface area is 141 Å². The maximum absolute atomic E-state index is 13.3. The largest absolute Gasteiger partial charge is 0.374 e. The van der Waals surface area contributed by atoms with Crippen LogP contribution in [0.25, 0.3) is 0 Å². The average molecular weight is 331 g/mol. The molecule has 5 nitrogen and oxygen atoms in total. The standard InChI is InChI=1S/C18H22FN3O2/c1-2-17-20-6-7-21(17)13-18(23)22-8-9-24-16(12-22)11-14-4-3-5-15(19)10-14/h3-7,10,16H,2,8-9,11-13H2,1H3/t16-/m0/s1. The van der Waals surface area contributed by atoms with Crippen molar-refractivity contribution < 1.29 is 13.9 Å². The van der Waals surface area contributed by atoms with Gasteiger partial charge >= 0.3 is 0 Å². The Kier molecular flexibility index (Phi) is 5.25. The molecule has 1 aromatic heterocycles. The van der Waals surface area contributed by atoms with Crippen LogP contribution in [-0.2, 0) is 28.9 Å². The number of rotatable bonds is 5. The van der Waals surface area contributed by atoms with Gasteiger partial charge in [-0.15, -0.1) is 0 Å². The average Bonchev–Trinajstić information content (AvgIpc) is 3.02. The first-order valence-electron chi connectivity index (χ1n) is 8.29. The van der Waals surface area contributed by atoms with E-state index in [0.717, 1.165) is 17.8 Å². The molecule has 1 aromatic carbocycles. The van der Waals surface area contributed by atoms with Crippen molar-refractivity contribution in [3.63, 3.8) is 0 Å². The van der Waals surface area contributed by atoms with Crippen LogP contribution in [0.1, 0.15) is 18.3 Å². The van der Waals surface area contributed by atoms with Crippen molar-refractivity contribution in [3.05, 3.63) is 53.9 Å². The highest BCUT2D eigenvalue weighted by Crippen LogP contribution is 2.14. The number of ether oxygens (including phenoxy) is 1. The summed E-state index contributed by atoms with van der Waals surface area (Å²) in [7, 11) is 0. The molecule has 3 rings (SSSR count). The zero-order valence-corrected chi connectivity index (χ0v) is 13.8. The minimum Gasteiger partial charge on any atom is -0.374 e. The van der Waals surface area contributed by atoms with E-state index in [1.54, 1.807) is 12.3 Å². The molecule has 1 amide bonds. The smallest absolute Gasteiger partial charge is 0.242 e. The molecule has 0 radical (unpaired) electrons. The summed E-state index contributed by atoms with van der Waals surface area (Å²) in [6.45, 7) is 3.96. The van der Waals surface area contributed by atoms with Crippen molar-refractivity contribution in [2.24, 2.45) is 0 Å². The quantitative estimate of drug-likeness (QED) is 0.842. The van der Waals surface area contributed by atoms with Gasteiger partial charge in [0.15, 0.2) is 0 Å². The molecule has 1 atom stereocenters. The van der Waals surface area contributed by atoms with E-state index in [-0.39, 0.29) is 17.8 Å². The number of nitrogens with zero attached hydrogens (tertiary/aromatic N) is 3. The molecule has 1 aliphatic heterocycles. The Balaban J connectivity index is 1.59. The highest BCUT2D eigenvalue weighted by Gasteiger charge is 2.24. The minimum atomic E-state index is -0.247. The van der Waals surface area contributed by atoms with E-state index in [0.29, 0.717) is 32.7 Å². The minimum absolute atomic E-state index is 0.0650. The summed E-state index contributed by atoms with van der Waals surface area (Å²) in [5.74, 6) is 0.728. The molecule has 0 saturated carbocycles. The first-order chi connectivity index (χ1) is 11.7. The molecular formula is C18H22FN3O2. The topological polar surface area (TPSA) is 47.4 Å². The molecule has 1 aliphatic rings. The molecule has 128 valence electrons. The van der Waals surface area contributed by atoms with Gasteiger partial charge in [-0.2, -0.15) is 0 Å². The number of aryl methyl sites for hydroxylation is 1. The third-order valence-corrected chi connectivity index (χ3v) is 4.27. The first kappa shape index (κ1) is 16.6. The van der Waals surface area contributed by atoms with Crippen LogP contribution in [0.4, 0.5) is 4.39 Å². The molecule has 24 heavy (non-hydrogen) atoms. The van der Waals surface area contributed by atoms with Gasteiger partial charge in [0.1, 0.15) is 18.2 Å². The summed E-state index contributed by atoms with van der Waals surface area (Å²) in [6.07, 6.45) is 4.86. The highest BCUT2D eigenvalue weighted by molar-refractivity contribution is 5.76. The molecule has 2 heterocycles. The Morgan fingerprint density at radius 1 is 1.46 bits per heavy atom. The number of carbonyl (C=O) groups is 1. The summed E-state index contributed by atoms with van der Waals surface area (Å²) in [6, 6.07) is 6.52. The molecule has 0 bridgehead atoms. The fourth-order valence-electron chi connectivity index (χ4n) is 3.04. The normalized spacial score (nSPS) is 17.9. The lowest BCUT2D eigenvalue weighted by Crippen LogP contribution is -2.47. The predicted octanol–water partition coefficient (Wildman–Crippen LogP) is 2.05. The lowest BCUT2D eigenvalue weighted by atomic mass is 10.1. The van der Waals surface area contributed by atoms with E-state index in [4.69, 9.17) is 4.74 Å². The van der Waals surface area contributed by atoms with Gasteiger partial charge in [-0.25, -0.2) is 9.37 Å². The summed E-state index contributed by atoms with van der Waals surface area (Å²) in [4.78, 5) is 18.6. The number of hydrogen-bond acceptors (Lipinski definition) is 3. The maximum atomic E-state index is 13.3. The molecular weight excluding hydrogens is 309 g/mol. The number of carbonyl (C=O) groups excluding carboxylic acids is 1. The molecule has 2 aromatic rings. The number of imidazole rings is 1. The second-order valence-corrected chi connectivity index (χ2v) is 5.99. The summed E-state index contributed by atoms with van der Waals surface area (Å²) < 4.78 is 20.9. The fourth-order valence-corrected chi connectivity index (χ4v) is 3.04. The number of aromatic nitrogens is 2. The van der Waals surface area contributed by atoms with Crippen LogP contribution in [0.2, 0.25) is 0 Å². The maximum Gasteiger partial charge on any atom is 0.242 e. The first-order valence-corrected chi connectivity index (χ1v) is 8.29. The van der Waals surface area contributed by atoms with Crippen LogP contribution < -0.4 is 0 Å². The van der Waals surface area contributed by atoms with E-state index >= 15 is 0 Å². The van der Waals surface area contributed by atoms with Crippen molar-refractivity contribution in [1.82, 2.24) is 14.5 Å². The van der Waals surface area contributed by atoms with Crippen molar-refractivity contribution in [2.75, 3.05) is 19.7 Å². The van der Waals surface area contributed by atoms with Crippen LogP contribution in [0, 0.1) is 5.82 Å². The molecule has 0 aliphatic carbocycles. The summed E-state index contributed by atoms with van der Waals surface area (Å²) in [5, 5.41) is 0. The lowest BCUT2D eigenvalue weighted by molar-refractivity contribution is -0.139. The number of benzene rings is 1. The predicted molar refractivity (Wildman–Crippen MR) is 88.0 cm³/mol. The molecule has 0 unspecified atom stereocenters. The number of morpholine rings is 1. The van der Waals surface area contributed by atoms with Gasteiger partial charge in [0.25, 0.3) is 0 Å². The molecule has 0 N–H and O–H groups in total. The third kappa shape index (κ3) is 4.00. The summed E-state index contributed by atoms with van der Waals surface area (Å²) >= 11 is 0. The third-order valence-electron chi connectivity index (χ3n) is 4.27. The van der Waals surface area contributed by atoms with Crippen LogP contribution in [0.5, 0.6) is 0 Å². The fraction of sp³-hybridized carbons (Fsp3) is 0.444. The SMILES string of the molecule is CCc1nccn1CC(=O)N1CCO[C@@H](Cc2cccc(F)c2)C1. The Morgan fingerprint density at radius 2 is 2.33 bits per heavy atom. The molecule has 1 fully saturated rings. The Morgan fingerprint density at radius 3 is 3.12 bits per heavy atom. The van der Waals surface area contributed by atoms with Gasteiger partial charge < -0.3 is 14.2 Å². The zero-order chi connectivity index (χ0) is 16.9. The van der Waals surface area contributed by atoms with E-state index < -0.39 is 0 Å². The van der Waals surface area contributed by atoms with Crippen molar-refractivity contribution in [1.29, 1.82) is 0 Å². The van der Waals surface area contributed by atoms with Crippen molar-refractivity contribution in [2.45, 2.75) is 32.4 Å². The van der Waals surface area contributed by atoms with Crippen LogP contribution in [-0.4, -0.2) is 46.2 Å². The second kappa shape index (κ2) is 7.57. The molecule has 0 spiro atoms. The molecule has 1 saturated heterocycles. The van der Waals surface area contributed by atoms with E-state index in [1.165, 1.54) is 12.1 Å². The van der Waals surface area contributed by atoms with Gasteiger partial charge in [0, 0.05) is 38.3 Å². The number of halogens is 1. The van der Waals surface area contributed by atoms with Crippen LogP contribution >= 0.6 is 0 Å². The van der Waals surface area contributed by atoms with Gasteiger partial charge in [-0.1, -0.05) is 19.1 Å². The Bertz CT molecular complexity index is 701. The van der Waals surface area contributed by atoms with Gasteiger partial charge in [0.05, 0.1) is 12.7 Å². The van der Waals surface area contributed by atoms with Crippen LogP contribution in [0.3, 0.4) is 0 Å². The monoisotopic (exact) mass is 331 g/mol. The van der Waals surface area contributed by atoms with E-state index in [2.05, 4.69) is 4.98 Å². The van der Waals surface area contributed by atoms with Crippen molar-refractivity contribution >= 4 is 5.91 Å². The zero-order valence-electron chi connectivity index (χ0n) is 13.8. The van der Waals surface area contributed by atoms with E-state index in [1.807, 2.05) is 28.7 Å². The van der Waals surface area contributed by atoms with Crippen LogP contribution in [0.15, 0.2) is 36.7 Å². The molecule has 6 heteroatoms. The summed E-state index contributed by atoms with van der Waals surface area (Å²) in [5.41, 5.74) is 0.886. The van der Waals surface area contributed by atoms with E-state index in [9.17, 15) is 9.18 Å². The highest BCUT2D eigenvalue weighted by atomic mass is 19.1. The van der Waals surface area contributed by atoms with Crippen molar-refractivity contribution in [3.8, 4) is 0 Å². The second-order valence-electron chi connectivity index (χ2n) is 5.99. The lowest BCUT2D eigenvalue weighted by Gasteiger charge is -2.33. The number of hydrogen-bond donors (Lipinski definition) is 0. The van der Waals surface area contributed by atoms with Gasteiger partial charge in [-0.05, 0) is 17.7 Å². The van der Waals surface area contributed by atoms with Gasteiger partial charge in [-0.3, -0.25) is 4.79 Å².